The van der Waals surface area contributed by atoms with E-state index in [1.807, 2.05) is 0 Å². The second kappa shape index (κ2) is 8.91. The highest BCUT2D eigenvalue weighted by Crippen LogP contribution is 2.42. The zero-order valence-electron chi connectivity index (χ0n) is 16.7. The first-order valence-electron chi connectivity index (χ1n) is 9.39. The van der Waals surface area contributed by atoms with E-state index < -0.39 is 34.6 Å². The van der Waals surface area contributed by atoms with E-state index in [1.54, 1.807) is 6.07 Å². The van der Waals surface area contributed by atoms with Crippen LogP contribution in [0, 0.1) is 5.82 Å². The number of hydrogen-bond acceptors (Lipinski definition) is 9. The van der Waals surface area contributed by atoms with Gasteiger partial charge < -0.3 is 45.6 Å². The molecular weight excluding hydrogens is 443 g/mol. The molecule has 1 aliphatic rings. The van der Waals surface area contributed by atoms with E-state index in [1.165, 1.54) is 24.3 Å². The summed E-state index contributed by atoms with van der Waals surface area (Å²) in [5.41, 5.74) is 0.489. The van der Waals surface area contributed by atoms with Crippen molar-refractivity contribution >= 4 is 5.97 Å². The van der Waals surface area contributed by atoms with Gasteiger partial charge in [0, 0.05) is 23.8 Å². The lowest BCUT2D eigenvalue weighted by atomic mass is 9.96. The number of halogens is 1. The van der Waals surface area contributed by atoms with Crippen molar-refractivity contribution in [2.75, 3.05) is 0 Å². The summed E-state index contributed by atoms with van der Waals surface area (Å²) in [6.07, 6.45) is 0.943. The minimum Gasteiger partial charge on any atom is -0.508 e. The zero-order valence-corrected chi connectivity index (χ0v) is 16.7. The van der Waals surface area contributed by atoms with Crippen LogP contribution in [-0.2, 0) is 6.42 Å². The van der Waals surface area contributed by atoms with E-state index in [2.05, 4.69) is 0 Å². The third kappa shape index (κ3) is 4.71. The molecule has 10 nitrogen and oxygen atoms in total. The van der Waals surface area contributed by atoms with Crippen molar-refractivity contribution in [1.29, 1.82) is 0 Å². The molecule has 1 unspecified atom stereocenters. The van der Waals surface area contributed by atoms with Gasteiger partial charge in [-0.1, -0.05) is 6.07 Å². The maximum atomic E-state index is 12.8. The van der Waals surface area contributed by atoms with Crippen LogP contribution in [-0.4, -0.2) is 46.8 Å². The van der Waals surface area contributed by atoms with Crippen molar-refractivity contribution in [2.45, 2.75) is 18.9 Å². The maximum Gasteiger partial charge on any atom is 0.338 e. The number of fused-ring (bicyclic) bond motifs is 1. The van der Waals surface area contributed by atoms with Crippen molar-refractivity contribution in [3.8, 4) is 46.0 Å². The molecular formula is C22H19FO10. The van der Waals surface area contributed by atoms with Crippen molar-refractivity contribution in [1.82, 2.24) is 0 Å². The van der Waals surface area contributed by atoms with Gasteiger partial charge in [0.05, 0.1) is 0 Å². The van der Waals surface area contributed by atoms with Gasteiger partial charge in [-0.05, 0) is 30.5 Å². The molecule has 11 heteroatoms. The number of phenolic OH excluding ortho intramolecular Hbond substituents is 7. The highest BCUT2D eigenvalue weighted by molar-refractivity contribution is 5.89. The Labute approximate surface area is 185 Å². The molecule has 0 radical (unpaired) electrons. The van der Waals surface area contributed by atoms with Crippen LogP contribution in [0.25, 0.3) is 0 Å². The van der Waals surface area contributed by atoms with E-state index in [0.29, 0.717) is 30.2 Å². The molecule has 0 fully saturated rings. The van der Waals surface area contributed by atoms with Gasteiger partial charge in [0.15, 0.2) is 28.8 Å². The Kier molecular flexibility index (Phi) is 6.24. The second-order valence-electron chi connectivity index (χ2n) is 7.09. The summed E-state index contributed by atoms with van der Waals surface area (Å²) >= 11 is 0. The third-order valence-corrected chi connectivity index (χ3v) is 4.89. The Balaban J connectivity index is 0.000000205. The first kappa shape index (κ1) is 23.1. The molecule has 0 aliphatic carbocycles. The lowest BCUT2D eigenvalue weighted by Gasteiger charge is -2.27. The van der Waals surface area contributed by atoms with Gasteiger partial charge in [-0.15, -0.1) is 0 Å². The Morgan fingerprint density at radius 3 is 2.18 bits per heavy atom. The monoisotopic (exact) mass is 462 g/mol. The van der Waals surface area contributed by atoms with Gasteiger partial charge in [0.25, 0.3) is 0 Å². The number of carboxylic acid groups (broad SMARTS) is 1. The van der Waals surface area contributed by atoms with Crippen LogP contribution >= 0.6 is 0 Å². The van der Waals surface area contributed by atoms with Crippen LogP contribution < -0.4 is 4.74 Å². The molecule has 0 bridgehead atoms. The summed E-state index contributed by atoms with van der Waals surface area (Å²) in [7, 11) is 0. The van der Waals surface area contributed by atoms with Crippen molar-refractivity contribution in [3.63, 3.8) is 0 Å². The van der Waals surface area contributed by atoms with E-state index in [9.17, 15) is 29.6 Å². The fourth-order valence-corrected chi connectivity index (χ4v) is 3.21. The molecule has 8 N–H and O–H groups in total. The zero-order chi connectivity index (χ0) is 24.4. The van der Waals surface area contributed by atoms with Gasteiger partial charge >= 0.3 is 5.97 Å². The average Bonchev–Trinajstić information content (AvgIpc) is 2.76. The van der Waals surface area contributed by atoms with E-state index in [4.69, 9.17) is 25.2 Å². The van der Waals surface area contributed by atoms with Crippen LogP contribution in [0.2, 0.25) is 0 Å². The van der Waals surface area contributed by atoms with Gasteiger partial charge in [0.2, 0.25) is 5.75 Å². The SMILES string of the molecule is O=C(O)c1cc(O)c(O)c(O)c1F.Oc1cc(O)c2c(c1)OC(c1ccc(O)c(O)c1)CC2. The Hall–Kier alpha value is -4.54. The number of carbonyl (C=O) groups is 1. The average molecular weight is 462 g/mol. The number of carboxylic acids is 1. The fraction of sp³-hybridized carbons (Fsp3) is 0.136. The fourth-order valence-electron chi connectivity index (χ4n) is 3.21. The van der Waals surface area contributed by atoms with Crippen LogP contribution in [0.5, 0.6) is 46.0 Å². The minimum atomic E-state index is -1.65. The molecule has 0 amide bonds. The molecule has 1 heterocycles. The molecule has 0 spiro atoms. The predicted molar refractivity (Wildman–Crippen MR) is 110 cm³/mol. The van der Waals surface area contributed by atoms with Crippen LogP contribution in [0.3, 0.4) is 0 Å². The van der Waals surface area contributed by atoms with Crippen LogP contribution in [0.4, 0.5) is 4.39 Å². The summed E-state index contributed by atoms with van der Waals surface area (Å²) in [5.74, 6) is -6.37. The predicted octanol–water partition coefficient (Wildman–Crippen LogP) is 3.22. The Morgan fingerprint density at radius 2 is 1.55 bits per heavy atom. The van der Waals surface area contributed by atoms with Crippen LogP contribution in [0.15, 0.2) is 36.4 Å². The highest BCUT2D eigenvalue weighted by atomic mass is 19.1. The molecule has 3 aromatic carbocycles. The topological polar surface area (TPSA) is 188 Å². The number of rotatable bonds is 2. The largest absolute Gasteiger partial charge is 0.508 e. The van der Waals surface area contributed by atoms with Gasteiger partial charge in [-0.2, -0.15) is 0 Å². The summed E-state index contributed by atoms with van der Waals surface area (Å²) in [5, 5.41) is 72.8. The van der Waals surface area contributed by atoms with Gasteiger partial charge in [-0.25, -0.2) is 9.18 Å². The molecule has 1 atom stereocenters. The standard InChI is InChI=1S/C15H14O5.C7H5FO5/c16-9-6-12(18)10-2-4-14(20-15(10)7-9)8-1-3-11(17)13(19)5-8;8-4-2(7(12)13)1-3(9)5(10)6(4)11/h1,3,5-7,14,16-19H,2,4H2;1,9-11H,(H,12,13). The Bertz CT molecular complexity index is 1220. The van der Waals surface area contributed by atoms with Crippen molar-refractivity contribution in [2.24, 2.45) is 0 Å². The van der Waals surface area contributed by atoms with Crippen LogP contribution in [0.1, 0.15) is 34.0 Å². The van der Waals surface area contributed by atoms with Crippen molar-refractivity contribution < 1.29 is 54.8 Å². The van der Waals surface area contributed by atoms with Crippen molar-refractivity contribution in [3.05, 3.63) is 58.9 Å². The molecule has 0 saturated carbocycles. The number of phenols is 7. The second-order valence-corrected chi connectivity index (χ2v) is 7.09. The summed E-state index contributed by atoms with van der Waals surface area (Å²) in [6.45, 7) is 0. The summed E-state index contributed by atoms with van der Waals surface area (Å²) in [6, 6.07) is 7.79. The normalized spacial score (nSPS) is 14.4. The van der Waals surface area contributed by atoms with E-state index in [-0.39, 0.29) is 29.1 Å². The number of ether oxygens (including phenoxy) is 1. The minimum absolute atomic E-state index is 0.0204. The van der Waals surface area contributed by atoms with E-state index >= 15 is 0 Å². The Morgan fingerprint density at radius 1 is 0.848 bits per heavy atom. The smallest absolute Gasteiger partial charge is 0.338 e. The first-order chi connectivity index (χ1) is 15.5. The number of aromatic carboxylic acids is 1. The first-order valence-corrected chi connectivity index (χ1v) is 9.39. The summed E-state index contributed by atoms with van der Waals surface area (Å²) < 4.78 is 18.6. The third-order valence-electron chi connectivity index (χ3n) is 4.89. The highest BCUT2D eigenvalue weighted by Gasteiger charge is 2.25. The lowest BCUT2D eigenvalue weighted by Crippen LogP contribution is -2.15. The number of aromatic hydroxyl groups is 7. The molecule has 3 aromatic rings. The van der Waals surface area contributed by atoms with E-state index in [0.717, 1.165) is 5.56 Å². The molecule has 33 heavy (non-hydrogen) atoms. The number of hydrogen-bond donors (Lipinski definition) is 8. The quantitative estimate of drug-likeness (QED) is 0.263. The maximum absolute atomic E-state index is 12.8. The summed E-state index contributed by atoms with van der Waals surface area (Å²) in [4.78, 5) is 10.3. The molecule has 1 aliphatic heterocycles. The molecule has 0 saturated heterocycles. The van der Waals surface area contributed by atoms with Gasteiger partial charge in [-0.3, -0.25) is 0 Å². The molecule has 0 aromatic heterocycles. The van der Waals surface area contributed by atoms with Gasteiger partial charge in [0.1, 0.15) is 28.9 Å². The lowest BCUT2D eigenvalue weighted by molar-refractivity contribution is 0.0690. The molecule has 174 valence electrons. The number of benzene rings is 3. The molecule has 4 rings (SSSR count).